The number of benzene rings is 1. The summed E-state index contributed by atoms with van der Waals surface area (Å²) < 4.78 is 5.48. The number of imide groups is 1. The molecule has 1 aliphatic heterocycles. The van der Waals surface area contributed by atoms with Gasteiger partial charge in [-0.25, -0.2) is 0 Å². The maximum atomic E-state index is 11.3. The molecular weight excluding hydrogens is 232 g/mol. The van der Waals surface area contributed by atoms with E-state index in [1.54, 1.807) is 0 Å². The highest BCUT2D eigenvalue weighted by Crippen LogP contribution is 2.13. The van der Waals surface area contributed by atoms with Crippen LogP contribution in [0.15, 0.2) is 24.3 Å². The van der Waals surface area contributed by atoms with Gasteiger partial charge in [0, 0.05) is 19.4 Å². The van der Waals surface area contributed by atoms with Crippen LogP contribution in [0.2, 0.25) is 0 Å². The molecule has 18 heavy (non-hydrogen) atoms. The SMILES string of the molecule is NCc1ccc(OCCN2C(=O)CCC2=O)cc1. The first-order valence-corrected chi connectivity index (χ1v) is 5.95. The fraction of sp³-hybridized carbons (Fsp3) is 0.385. The molecule has 0 aromatic heterocycles. The average Bonchev–Trinajstić information content (AvgIpc) is 2.71. The molecule has 1 heterocycles. The Bertz CT molecular complexity index is 426. The predicted molar refractivity (Wildman–Crippen MR) is 65.8 cm³/mol. The number of carbonyl (C=O) groups is 2. The first-order chi connectivity index (χ1) is 8.70. The molecule has 0 spiro atoms. The minimum absolute atomic E-state index is 0.109. The van der Waals surface area contributed by atoms with Gasteiger partial charge in [-0.15, -0.1) is 0 Å². The summed E-state index contributed by atoms with van der Waals surface area (Å²) in [6, 6.07) is 7.44. The van der Waals surface area contributed by atoms with Gasteiger partial charge in [0.15, 0.2) is 0 Å². The van der Waals surface area contributed by atoms with E-state index in [0.29, 0.717) is 38.3 Å². The van der Waals surface area contributed by atoms with Gasteiger partial charge in [0.1, 0.15) is 12.4 Å². The van der Waals surface area contributed by atoms with Gasteiger partial charge in [-0.3, -0.25) is 14.5 Å². The van der Waals surface area contributed by atoms with Gasteiger partial charge >= 0.3 is 0 Å². The van der Waals surface area contributed by atoms with Crippen LogP contribution in [-0.2, 0) is 16.1 Å². The van der Waals surface area contributed by atoms with Crippen molar-refractivity contribution in [1.29, 1.82) is 0 Å². The zero-order valence-electron chi connectivity index (χ0n) is 10.1. The molecule has 2 rings (SSSR count). The van der Waals surface area contributed by atoms with Gasteiger partial charge in [0.05, 0.1) is 6.54 Å². The van der Waals surface area contributed by atoms with Crippen molar-refractivity contribution in [2.75, 3.05) is 13.2 Å². The van der Waals surface area contributed by atoms with Crippen LogP contribution < -0.4 is 10.5 Å². The Kier molecular flexibility index (Phi) is 3.94. The largest absolute Gasteiger partial charge is 0.492 e. The quantitative estimate of drug-likeness (QED) is 0.777. The van der Waals surface area contributed by atoms with E-state index in [4.69, 9.17) is 10.5 Å². The van der Waals surface area contributed by atoms with Crippen molar-refractivity contribution in [2.45, 2.75) is 19.4 Å². The maximum Gasteiger partial charge on any atom is 0.229 e. The molecular formula is C13H16N2O3. The number of hydrogen-bond acceptors (Lipinski definition) is 4. The van der Waals surface area contributed by atoms with Crippen molar-refractivity contribution >= 4 is 11.8 Å². The summed E-state index contributed by atoms with van der Waals surface area (Å²) in [5, 5.41) is 0. The zero-order valence-corrected chi connectivity index (χ0v) is 10.1. The third-order valence-corrected chi connectivity index (χ3v) is 2.90. The van der Waals surface area contributed by atoms with E-state index in [9.17, 15) is 9.59 Å². The fourth-order valence-corrected chi connectivity index (χ4v) is 1.85. The molecule has 0 aliphatic carbocycles. The summed E-state index contributed by atoms with van der Waals surface area (Å²) >= 11 is 0. The van der Waals surface area contributed by atoms with Crippen molar-refractivity contribution in [3.63, 3.8) is 0 Å². The number of nitrogens with zero attached hydrogens (tertiary/aromatic N) is 1. The molecule has 0 atom stereocenters. The highest BCUT2D eigenvalue weighted by atomic mass is 16.5. The molecule has 5 heteroatoms. The van der Waals surface area contributed by atoms with Gasteiger partial charge < -0.3 is 10.5 Å². The normalized spacial score (nSPS) is 15.3. The van der Waals surface area contributed by atoms with Crippen LogP contribution in [0.3, 0.4) is 0 Å². The van der Waals surface area contributed by atoms with Crippen molar-refractivity contribution in [3.05, 3.63) is 29.8 Å². The van der Waals surface area contributed by atoms with Crippen molar-refractivity contribution in [3.8, 4) is 5.75 Å². The summed E-state index contributed by atoms with van der Waals surface area (Å²) in [4.78, 5) is 24.0. The average molecular weight is 248 g/mol. The first-order valence-electron chi connectivity index (χ1n) is 5.95. The Balaban J connectivity index is 1.81. The molecule has 0 radical (unpaired) electrons. The van der Waals surface area contributed by atoms with Crippen LogP contribution in [0.25, 0.3) is 0 Å². The molecule has 0 bridgehead atoms. The number of nitrogens with two attached hydrogens (primary N) is 1. The van der Waals surface area contributed by atoms with Gasteiger partial charge in [0.2, 0.25) is 11.8 Å². The Morgan fingerprint density at radius 2 is 1.72 bits per heavy atom. The molecule has 2 amide bonds. The molecule has 96 valence electrons. The minimum Gasteiger partial charge on any atom is -0.492 e. The number of amides is 2. The van der Waals surface area contributed by atoms with Gasteiger partial charge in [-0.2, -0.15) is 0 Å². The molecule has 5 nitrogen and oxygen atoms in total. The summed E-state index contributed by atoms with van der Waals surface area (Å²) in [7, 11) is 0. The summed E-state index contributed by atoms with van der Waals surface area (Å²) in [5.74, 6) is 0.496. The van der Waals surface area contributed by atoms with Crippen molar-refractivity contribution in [2.24, 2.45) is 5.73 Å². The Morgan fingerprint density at radius 3 is 2.28 bits per heavy atom. The lowest BCUT2D eigenvalue weighted by Crippen LogP contribution is -2.33. The van der Waals surface area contributed by atoms with Crippen LogP contribution in [0.5, 0.6) is 5.75 Å². The zero-order chi connectivity index (χ0) is 13.0. The summed E-state index contributed by atoms with van der Waals surface area (Å²) in [5.41, 5.74) is 6.53. The minimum atomic E-state index is -0.109. The maximum absolute atomic E-state index is 11.3. The lowest BCUT2D eigenvalue weighted by atomic mass is 10.2. The summed E-state index contributed by atoms with van der Waals surface area (Å²) in [6.07, 6.45) is 0.647. The van der Waals surface area contributed by atoms with E-state index in [1.807, 2.05) is 24.3 Å². The van der Waals surface area contributed by atoms with E-state index in [0.717, 1.165) is 5.56 Å². The molecule has 2 N–H and O–H groups in total. The van der Waals surface area contributed by atoms with E-state index in [-0.39, 0.29) is 11.8 Å². The van der Waals surface area contributed by atoms with E-state index in [2.05, 4.69) is 0 Å². The highest BCUT2D eigenvalue weighted by Gasteiger charge is 2.28. The Labute approximate surface area is 106 Å². The van der Waals surface area contributed by atoms with Crippen LogP contribution in [0, 0.1) is 0 Å². The van der Waals surface area contributed by atoms with Crippen LogP contribution in [-0.4, -0.2) is 29.9 Å². The smallest absolute Gasteiger partial charge is 0.229 e. The highest BCUT2D eigenvalue weighted by molar-refractivity contribution is 6.01. The van der Waals surface area contributed by atoms with Crippen LogP contribution >= 0.6 is 0 Å². The molecule has 1 aromatic rings. The number of hydrogen-bond donors (Lipinski definition) is 1. The van der Waals surface area contributed by atoms with Gasteiger partial charge in [0.25, 0.3) is 0 Å². The predicted octanol–water partition coefficient (Wildman–Crippen LogP) is 0.673. The third-order valence-electron chi connectivity index (χ3n) is 2.90. The van der Waals surface area contributed by atoms with E-state index in [1.165, 1.54) is 4.90 Å². The molecule has 0 saturated carbocycles. The van der Waals surface area contributed by atoms with E-state index < -0.39 is 0 Å². The molecule has 1 fully saturated rings. The first kappa shape index (κ1) is 12.6. The van der Waals surface area contributed by atoms with Crippen LogP contribution in [0.1, 0.15) is 18.4 Å². The monoisotopic (exact) mass is 248 g/mol. The third kappa shape index (κ3) is 2.87. The number of likely N-dealkylation sites (tertiary alicyclic amines) is 1. The second kappa shape index (κ2) is 5.64. The molecule has 1 saturated heterocycles. The standard InChI is InChI=1S/C13H16N2O3/c14-9-10-1-3-11(4-2-10)18-8-7-15-12(16)5-6-13(15)17/h1-4H,5-9,14H2. The fourth-order valence-electron chi connectivity index (χ4n) is 1.85. The number of rotatable bonds is 5. The van der Waals surface area contributed by atoms with Gasteiger partial charge in [-0.05, 0) is 17.7 Å². The molecule has 1 aliphatic rings. The molecule has 1 aromatic carbocycles. The number of ether oxygens (including phenoxy) is 1. The lowest BCUT2D eigenvalue weighted by Gasteiger charge is -2.14. The number of carbonyl (C=O) groups excluding carboxylic acids is 2. The lowest BCUT2D eigenvalue weighted by molar-refractivity contribution is -0.138. The van der Waals surface area contributed by atoms with E-state index >= 15 is 0 Å². The Hall–Kier alpha value is -1.88. The molecule has 0 unspecified atom stereocenters. The summed E-state index contributed by atoms with van der Waals surface area (Å²) in [6.45, 7) is 1.13. The second-order valence-electron chi connectivity index (χ2n) is 4.14. The Morgan fingerprint density at radius 1 is 1.11 bits per heavy atom. The van der Waals surface area contributed by atoms with Crippen molar-refractivity contribution in [1.82, 2.24) is 4.90 Å². The van der Waals surface area contributed by atoms with Crippen molar-refractivity contribution < 1.29 is 14.3 Å². The topological polar surface area (TPSA) is 72.6 Å². The second-order valence-corrected chi connectivity index (χ2v) is 4.14. The van der Waals surface area contributed by atoms with Gasteiger partial charge in [-0.1, -0.05) is 12.1 Å². The van der Waals surface area contributed by atoms with Crippen LogP contribution in [0.4, 0.5) is 0 Å².